The molecule has 2 fully saturated rings. The first-order valence-electron chi connectivity index (χ1n) is 14.0. The number of nitrogen functional groups attached to an aromatic ring is 1. The lowest BCUT2D eigenvalue weighted by molar-refractivity contribution is -0.198. The van der Waals surface area contributed by atoms with E-state index in [2.05, 4.69) is 20.4 Å². The number of aryl methyl sites for hydroxylation is 1. The maximum absolute atomic E-state index is 14.5. The maximum atomic E-state index is 14.5. The average Bonchev–Trinajstić information content (AvgIpc) is 3.53. The molecule has 0 saturated carbocycles. The predicted octanol–water partition coefficient (Wildman–Crippen LogP) is 5.18. The number of hydrogen-bond acceptors (Lipinski definition) is 9. The molecule has 0 radical (unpaired) electrons. The summed E-state index contributed by atoms with van der Waals surface area (Å²) in [6.07, 6.45) is -3.47. The standard InChI is InChI=1S/C29H35ClF3N7O3/c1-17-7-10-40(38-17)21-13-18(30)5-6-19(21)24(29(31,32)33)42-23-14-22(36-26(34)37-23)39-11-8-28(9-12-39)15-20(35-16-28)25(41)43-27(2,3)4/h5-7,10,13-14,20,24,35H,8-9,11-12,15-16H2,1-4H3,(H2,34,36,37)/t20-,24+/m0/s1. The molecule has 1 spiro atoms. The Morgan fingerprint density at radius 3 is 2.51 bits per heavy atom. The summed E-state index contributed by atoms with van der Waals surface area (Å²) in [6.45, 7) is 9.07. The Hall–Kier alpha value is -3.58. The van der Waals surface area contributed by atoms with Crippen molar-refractivity contribution in [1.29, 1.82) is 0 Å². The Labute approximate surface area is 252 Å². The molecule has 0 aliphatic carbocycles. The van der Waals surface area contributed by atoms with E-state index >= 15 is 0 Å². The second kappa shape index (κ2) is 11.5. The summed E-state index contributed by atoms with van der Waals surface area (Å²) in [5, 5.41) is 7.81. The molecule has 10 nitrogen and oxygen atoms in total. The third-order valence-corrected chi connectivity index (χ3v) is 7.92. The van der Waals surface area contributed by atoms with Gasteiger partial charge < -0.3 is 25.4 Å². The van der Waals surface area contributed by atoms with Gasteiger partial charge in [-0.1, -0.05) is 17.7 Å². The fraction of sp³-hybridized carbons (Fsp3) is 0.517. The number of piperidine rings is 1. The van der Waals surface area contributed by atoms with Gasteiger partial charge in [-0.05, 0) is 70.6 Å². The van der Waals surface area contributed by atoms with E-state index in [9.17, 15) is 18.0 Å². The van der Waals surface area contributed by atoms with Crippen molar-refractivity contribution in [3.63, 3.8) is 0 Å². The van der Waals surface area contributed by atoms with Crippen LogP contribution in [0, 0.1) is 12.3 Å². The van der Waals surface area contributed by atoms with Crippen LogP contribution in [0.15, 0.2) is 36.5 Å². The second-order valence-electron chi connectivity index (χ2n) is 12.2. The number of halogens is 4. The number of carbonyl (C=O) groups is 1. The SMILES string of the molecule is Cc1ccn(-c2cc(Cl)ccc2[C@@H](Oc2cc(N3CCC4(CC3)CN[C@H](C(=O)OC(C)(C)C)C4)nc(N)n2)C(F)(F)F)n1. The van der Waals surface area contributed by atoms with E-state index in [0.717, 1.165) is 12.8 Å². The van der Waals surface area contributed by atoms with Crippen molar-refractivity contribution in [2.24, 2.45) is 5.41 Å². The van der Waals surface area contributed by atoms with Gasteiger partial charge in [-0.3, -0.25) is 4.79 Å². The number of alkyl halides is 3. The number of hydrogen-bond donors (Lipinski definition) is 2. The number of carbonyl (C=O) groups excluding carboxylic acids is 1. The van der Waals surface area contributed by atoms with Crippen LogP contribution in [-0.4, -0.2) is 63.2 Å². The molecular weight excluding hydrogens is 587 g/mol. The highest BCUT2D eigenvalue weighted by Crippen LogP contribution is 2.42. The molecule has 0 unspecified atom stereocenters. The molecule has 232 valence electrons. The molecule has 0 bridgehead atoms. The molecule has 3 aromatic rings. The quantitative estimate of drug-likeness (QED) is 0.359. The van der Waals surface area contributed by atoms with E-state index in [-0.39, 0.29) is 45.5 Å². The fourth-order valence-electron chi connectivity index (χ4n) is 5.61. The van der Waals surface area contributed by atoms with Crippen molar-refractivity contribution in [2.45, 2.75) is 70.9 Å². The monoisotopic (exact) mass is 621 g/mol. The number of anilines is 2. The van der Waals surface area contributed by atoms with Gasteiger partial charge in [-0.15, -0.1) is 0 Å². The van der Waals surface area contributed by atoms with Gasteiger partial charge in [-0.25, -0.2) is 4.68 Å². The fourth-order valence-corrected chi connectivity index (χ4v) is 5.78. The van der Waals surface area contributed by atoms with Crippen LogP contribution in [0.1, 0.15) is 57.4 Å². The Balaban J connectivity index is 1.34. The van der Waals surface area contributed by atoms with Crippen LogP contribution in [0.25, 0.3) is 5.69 Å². The minimum Gasteiger partial charge on any atom is -0.459 e. The van der Waals surface area contributed by atoms with Crippen molar-refractivity contribution in [2.75, 3.05) is 30.3 Å². The molecule has 2 saturated heterocycles. The summed E-state index contributed by atoms with van der Waals surface area (Å²) in [5.41, 5.74) is 5.85. The average molecular weight is 622 g/mol. The van der Waals surface area contributed by atoms with Gasteiger partial charge in [0.05, 0.1) is 11.4 Å². The highest BCUT2D eigenvalue weighted by molar-refractivity contribution is 6.30. The third-order valence-electron chi connectivity index (χ3n) is 7.69. The molecule has 3 N–H and O–H groups in total. The topological polar surface area (TPSA) is 120 Å². The zero-order valence-corrected chi connectivity index (χ0v) is 25.2. The number of nitrogens with zero attached hydrogens (tertiary/aromatic N) is 5. The lowest BCUT2D eigenvalue weighted by Crippen LogP contribution is -2.41. The largest absolute Gasteiger partial charge is 0.459 e. The molecule has 2 aliphatic heterocycles. The minimum atomic E-state index is -4.80. The summed E-state index contributed by atoms with van der Waals surface area (Å²) < 4.78 is 55.9. The summed E-state index contributed by atoms with van der Waals surface area (Å²) in [6, 6.07) is 6.71. The van der Waals surface area contributed by atoms with Crippen LogP contribution in [0.3, 0.4) is 0 Å². The Morgan fingerprint density at radius 2 is 1.88 bits per heavy atom. The van der Waals surface area contributed by atoms with E-state index in [0.29, 0.717) is 37.6 Å². The number of nitrogens with one attached hydrogen (secondary N) is 1. The highest BCUT2D eigenvalue weighted by Gasteiger charge is 2.46. The third kappa shape index (κ3) is 7.15. The number of rotatable bonds is 6. The Bertz CT molecular complexity index is 1480. The lowest BCUT2D eigenvalue weighted by Gasteiger charge is -2.39. The van der Waals surface area contributed by atoms with Crippen LogP contribution in [0.2, 0.25) is 5.02 Å². The van der Waals surface area contributed by atoms with Crippen molar-refractivity contribution >= 4 is 29.3 Å². The first kappa shape index (κ1) is 30.9. The molecule has 1 aromatic carbocycles. The molecule has 2 atom stereocenters. The highest BCUT2D eigenvalue weighted by atomic mass is 35.5. The smallest absolute Gasteiger partial charge is 0.429 e. The zero-order valence-electron chi connectivity index (χ0n) is 24.4. The van der Waals surface area contributed by atoms with Crippen LogP contribution in [0.5, 0.6) is 5.88 Å². The summed E-state index contributed by atoms with van der Waals surface area (Å²) in [4.78, 5) is 22.8. The van der Waals surface area contributed by atoms with Crippen LogP contribution < -0.4 is 20.7 Å². The van der Waals surface area contributed by atoms with E-state index in [1.54, 1.807) is 19.2 Å². The van der Waals surface area contributed by atoms with Crippen molar-refractivity contribution in [3.05, 3.63) is 52.8 Å². The number of esters is 1. The maximum Gasteiger partial charge on any atom is 0.429 e. The minimum absolute atomic E-state index is 0.0901. The first-order chi connectivity index (χ1) is 20.1. The molecule has 2 aliphatic rings. The van der Waals surface area contributed by atoms with Crippen LogP contribution >= 0.6 is 11.6 Å². The number of aromatic nitrogens is 4. The van der Waals surface area contributed by atoms with Gasteiger partial charge in [0.25, 0.3) is 0 Å². The molecule has 5 rings (SSSR count). The van der Waals surface area contributed by atoms with Crippen molar-refractivity contribution in [3.8, 4) is 11.6 Å². The van der Waals surface area contributed by atoms with Gasteiger partial charge in [0.15, 0.2) is 0 Å². The summed E-state index contributed by atoms with van der Waals surface area (Å²) in [7, 11) is 0. The molecule has 14 heteroatoms. The number of benzene rings is 1. The van der Waals surface area contributed by atoms with E-state index in [1.165, 1.54) is 28.9 Å². The van der Waals surface area contributed by atoms with Gasteiger partial charge >= 0.3 is 12.1 Å². The molecule has 43 heavy (non-hydrogen) atoms. The number of nitrogens with two attached hydrogens (primary N) is 1. The van der Waals surface area contributed by atoms with Crippen molar-refractivity contribution in [1.82, 2.24) is 25.1 Å². The van der Waals surface area contributed by atoms with Crippen LogP contribution in [-0.2, 0) is 9.53 Å². The molecule has 2 aromatic heterocycles. The van der Waals surface area contributed by atoms with Gasteiger partial charge in [-0.2, -0.15) is 28.2 Å². The predicted molar refractivity (Wildman–Crippen MR) is 155 cm³/mol. The van der Waals surface area contributed by atoms with Crippen LogP contribution in [0.4, 0.5) is 24.9 Å². The lowest BCUT2D eigenvalue weighted by atomic mass is 9.76. The van der Waals surface area contributed by atoms with E-state index in [1.807, 2.05) is 25.7 Å². The van der Waals surface area contributed by atoms with Gasteiger partial charge in [0.2, 0.25) is 17.9 Å². The molecule has 0 amide bonds. The number of ether oxygens (including phenoxy) is 2. The van der Waals surface area contributed by atoms with Gasteiger partial charge in [0, 0.05) is 42.5 Å². The molecular formula is C29H35ClF3N7O3. The van der Waals surface area contributed by atoms with Gasteiger partial charge in [0.1, 0.15) is 17.5 Å². The summed E-state index contributed by atoms with van der Waals surface area (Å²) >= 11 is 6.14. The second-order valence-corrected chi connectivity index (χ2v) is 12.7. The van der Waals surface area contributed by atoms with E-state index in [4.69, 9.17) is 26.8 Å². The summed E-state index contributed by atoms with van der Waals surface area (Å²) in [5.74, 6) is -0.412. The molecule has 4 heterocycles. The van der Waals surface area contributed by atoms with Crippen molar-refractivity contribution < 1.29 is 27.4 Å². The Morgan fingerprint density at radius 1 is 1.16 bits per heavy atom. The first-order valence-corrected chi connectivity index (χ1v) is 14.4. The Kier molecular flexibility index (Phi) is 8.25. The zero-order chi connectivity index (χ0) is 31.2. The van der Waals surface area contributed by atoms with E-state index < -0.39 is 17.9 Å². The normalized spacial score (nSPS) is 19.4.